The molecule has 0 saturated heterocycles. The van der Waals surface area contributed by atoms with Gasteiger partial charge < -0.3 is 20.4 Å². The molecule has 2 amide bonds. The van der Waals surface area contributed by atoms with Gasteiger partial charge in [-0.1, -0.05) is 48.5 Å². The third-order valence-corrected chi connectivity index (χ3v) is 5.11. The Balaban J connectivity index is 2.00. The zero-order valence-electron chi connectivity index (χ0n) is 15.3. The molecule has 27 heavy (non-hydrogen) atoms. The van der Waals surface area contributed by atoms with Gasteiger partial charge in [-0.05, 0) is 23.6 Å². The number of aliphatic hydroxyl groups excluding tert-OH is 2. The molecule has 6 heteroatoms. The predicted octanol–water partition coefficient (Wildman–Crippen LogP) is 1.00. The second-order valence-electron chi connectivity index (χ2n) is 6.93. The monoisotopic (exact) mass is 368 g/mol. The van der Waals surface area contributed by atoms with Crippen molar-refractivity contribution >= 4 is 17.5 Å². The summed E-state index contributed by atoms with van der Waals surface area (Å²) in [5, 5.41) is 21.1. The summed E-state index contributed by atoms with van der Waals surface area (Å²) in [6.45, 7) is -0.725. The van der Waals surface area contributed by atoms with Crippen molar-refractivity contribution < 1.29 is 19.8 Å². The van der Waals surface area contributed by atoms with E-state index < -0.39 is 11.5 Å². The molecule has 3 rings (SSSR count). The van der Waals surface area contributed by atoms with E-state index in [1.165, 1.54) is 0 Å². The molecule has 1 heterocycles. The fourth-order valence-electron chi connectivity index (χ4n) is 3.77. The Morgan fingerprint density at radius 2 is 1.70 bits per heavy atom. The summed E-state index contributed by atoms with van der Waals surface area (Å²) in [5.41, 5.74) is 1.56. The minimum Gasteiger partial charge on any atom is -0.394 e. The summed E-state index contributed by atoms with van der Waals surface area (Å²) >= 11 is 0. The quantitative estimate of drug-likeness (QED) is 0.680. The summed E-state index contributed by atoms with van der Waals surface area (Å²) in [5.74, 6) is -0.510. The Morgan fingerprint density at radius 1 is 1.07 bits per heavy atom. The molecule has 0 saturated carbocycles. The third-order valence-electron chi connectivity index (χ3n) is 5.11. The van der Waals surface area contributed by atoms with Crippen LogP contribution in [0.3, 0.4) is 0 Å². The summed E-state index contributed by atoms with van der Waals surface area (Å²) in [7, 11) is 1.72. The van der Waals surface area contributed by atoms with E-state index in [1.807, 2.05) is 54.6 Å². The summed E-state index contributed by atoms with van der Waals surface area (Å²) in [4.78, 5) is 27.6. The average Bonchev–Trinajstić information content (AvgIpc) is 2.89. The van der Waals surface area contributed by atoms with Crippen LogP contribution in [0.1, 0.15) is 17.5 Å². The van der Waals surface area contributed by atoms with Crippen LogP contribution in [-0.4, -0.2) is 48.3 Å². The van der Waals surface area contributed by atoms with Crippen LogP contribution in [0.15, 0.2) is 54.6 Å². The zero-order chi connectivity index (χ0) is 19.4. The molecular weight excluding hydrogens is 344 g/mol. The number of likely N-dealkylation sites (N-methyl/N-ethyl adjacent to an activating group) is 1. The number of rotatable bonds is 7. The molecule has 0 fully saturated rings. The first-order valence-electron chi connectivity index (χ1n) is 8.94. The fourth-order valence-corrected chi connectivity index (χ4v) is 3.77. The molecule has 0 aromatic heterocycles. The van der Waals surface area contributed by atoms with Crippen LogP contribution in [0.5, 0.6) is 0 Å². The van der Waals surface area contributed by atoms with E-state index in [2.05, 4.69) is 5.32 Å². The van der Waals surface area contributed by atoms with Crippen molar-refractivity contribution in [2.24, 2.45) is 0 Å². The number of fused-ring (bicyclic) bond motifs is 1. The first kappa shape index (κ1) is 19.1. The number of hydrogen-bond acceptors (Lipinski definition) is 4. The molecule has 0 aliphatic carbocycles. The Kier molecular flexibility index (Phi) is 5.58. The zero-order valence-corrected chi connectivity index (χ0v) is 15.3. The third kappa shape index (κ3) is 3.59. The molecule has 0 radical (unpaired) electrons. The van der Waals surface area contributed by atoms with Crippen molar-refractivity contribution in [1.82, 2.24) is 5.32 Å². The molecule has 142 valence electrons. The van der Waals surface area contributed by atoms with E-state index in [0.717, 1.165) is 16.8 Å². The van der Waals surface area contributed by atoms with Gasteiger partial charge in [0.15, 0.2) is 0 Å². The second kappa shape index (κ2) is 7.90. The van der Waals surface area contributed by atoms with Crippen LogP contribution in [0, 0.1) is 0 Å². The van der Waals surface area contributed by atoms with Crippen LogP contribution in [0.4, 0.5) is 5.69 Å². The largest absolute Gasteiger partial charge is 0.394 e. The predicted molar refractivity (Wildman–Crippen MR) is 102 cm³/mol. The number of nitrogens with zero attached hydrogens (tertiary/aromatic N) is 1. The van der Waals surface area contributed by atoms with Gasteiger partial charge in [0.2, 0.25) is 11.8 Å². The van der Waals surface area contributed by atoms with E-state index in [0.29, 0.717) is 6.42 Å². The number of aliphatic hydroxyl groups is 2. The lowest BCUT2D eigenvalue weighted by Gasteiger charge is -2.29. The Labute approximate surface area is 158 Å². The molecule has 3 N–H and O–H groups in total. The Bertz CT molecular complexity index is 820. The minimum absolute atomic E-state index is 0.0570. The number of carbonyl (C=O) groups is 2. The van der Waals surface area contributed by atoms with E-state index in [4.69, 9.17) is 0 Å². The highest BCUT2D eigenvalue weighted by Gasteiger charge is 2.50. The molecule has 0 bridgehead atoms. The first-order chi connectivity index (χ1) is 13.0. The number of benzene rings is 2. The Morgan fingerprint density at radius 3 is 2.37 bits per heavy atom. The summed E-state index contributed by atoms with van der Waals surface area (Å²) in [6, 6.07) is 16.4. The smallest absolute Gasteiger partial charge is 0.238 e. The topological polar surface area (TPSA) is 89.9 Å². The molecule has 2 aromatic rings. The van der Waals surface area contributed by atoms with Crippen LogP contribution in [0.2, 0.25) is 0 Å². The van der Waals surface area contributed by atoms with Gasteiger partial charge in [0, 0.05) is 19.2 Å². The molecular formula is C21H24N2O4. The minimum atomic E-state index is -1.02. The van der Waals surface area contributed by atoms with Crippen molar-refractivity contribution in [3.63, 3.8) is 0 Å². The standard InChI is InChI=1S/C21H24N2O4/c1-23-18-10-6-5-9-17(18)21(20(23)27,11-15-7-3-2-4-8-15)12-19(26)22-16(13-24)14-25/h2-10,16,24-25H,11-14H2,1H3,(H,22,26)/t21-/m0/s1. The number of anilines is 1. The normalized spacial score (nSPS) is 18.7. The van der Waals surface area contributed by atoms with Crippen LogP contribution < -0.4 is 10.2 Å². The van der Waals surface area contributed by atoms with Crippen LogP contribution >= 0.6 is 0 Å². The van der Waals surface area contributed by atoms with Gasteiger partial charge in [0.25, 0.3) is 0 Å². The van der Waals surface area contributed by atoms with Crippen LogP contribution in [-0.2, 0) is 21.4 Å². The number of hydrogen-bond donors (Lipinski definition) is 3. The number of para-hydroxylation sites is 1. The number of carbonyl (C=O) groups excluding carboxylic acids is 2. The molecule has 0 spiro atoms. The van der Waals surface area contributed by atoms with Crippen molar-refractivity contribution in [1.29, 1.82) is 0 Å². The highest BCUT2D eigenvalue weighted by atomic mass is 16.3. The van der Waals surface area contributed by atoms with Crippen molar-refractivity contribution in [2.45, 2.75) is 24.3 Å². The maximum Gasteiger partial charge on any atom is 0.238 e. The SMILES string of the molecule is CN1C(=O)[C@](CC(=O)NC(CO)CO)(Cc2ccccc2)c2ccccc21. The van der Waals surface area contributed by atoms with Crippen molar-refractivity contribution in [3.8, 4) is 0 Å². The molecule has 2 aromatic carbocycles. The van der Waals surface area contributed by atoms with Gasteiger partial charge in [0.05, 0.1) is 24.7 Å². The lowest BCUT2D eigenvalue weighted by atomic mass is 9.73. The van der Waals surface area contributed by atoms with E-state index in [-0.39, 0.29) is 31.4 Å². The summed E-state index contributed by atoms with van der Waals surface area (Å²) < 4.78 is 0. The maximum absolute atomic E-state index is 13.3. The van der Waals surface area contributed by atoms with Gasteiger partial charge in [0.1, 0.15) is 0 Å². The molecule has 1 aliphatic rings. The highest BCUT2D eigenvalue weighted by Crippen LogP contribution is 2.45. The van der Waals surface area contributed by atoms with Gasteiger partial charge in [-0.25, -0.2) is 0 Å². The van der Waals surface area contributed by atoms with Crippen molar-refractivity contribution in [3.05, 3.63) is 65.7 Å². The second-order valence-corrected chi connectivity index (χ2v) is 6.93. The van der Waals surface area contributed by atoms with Gasteiger partial charge in [-0.15, -0.1) is 0 Å². The van der Waals surface area contributed by atoms with E-state index >= 15 is 0 Å². The Hall–Kier alpha value is -2.70. The molecule has 1 aliphatic heterocycles. The first-order valence-corrected chi connectivity index (χ1v) is 8.94. The lowest BCUT2D eigenvalue weighted by molar-refractivity contribution is -0.130. The number of amides is 2. The maximum atomic E-state index is 13.3. The van der Waals surface area contributed by atoms with Gasteiger partial charge in [-0.2, -0.15) is 0 Å². The molecule has 1 atom stereocenters. The number of nitrogens with one attached hydrogen (secondary N) is 1. The molecule has 0 unspecified atom stereocenters. The molecule has 6 nitrogen and oxygen atoms in total. The fraction of sp³-hybridized carbons (Fsp3) is 0.333. The van der Waals surface area contributed by atoms with Crippen LogP contribution in [0.25, 0.3) is 0 Å². The average molecular weight is 368 g/mol. The van der Waals surface area contributed by atoms with E-state index in [9.17, 15) is 19.8 Å². The van der Waals surface area contributed by atoms with Gasteiger partial charge in [-0.3, -0.25) is 9.59 Å². The highest BCUT2D eigenvalue weighted by molar-refractivity contribution is 6.09. The lowest BCUT2D eigenvalue weighted by Crippen LogP contribution is -2.47. The van der Waals surface area contributed by atoms with Crippen molar-refractivity contribution in [2.75, 3.05) is 25.2 Å². The van der Waals surface area contributed by atoms with Gasteiger partial charge >= 0.3 is 0 Å². The summed E-state index contributed by atoms with van der Waals surface area (Å²) in [6.07, 6.45) is 0.336. The van der Waals surface area contributed by atoms with E-state index in [1.54, 1.807) is 11.9 Å².